The highest BCUT2D eigenvalue weighted by molar-refractivity contribution is 6.39. The van der Waals surface area contributed by atoms with Crippen molar-refractivity contribution in [3.63, 3.8) is 0 Å². The number of hydrogen-bond donors (Lipinski definition) is 1. The molecule has 7 nitrogen and oxygen atoms in total. The van der Waals surface area contributed by atoms with E-state index in [1.54, 1.807) is 4.90 Å². The fourth-order valence-corrected chi connectivity index (χ4v) is 4.14. The second-order valence-electron chi connectivity index (χ2n) is 7.73. The normalized spacial score (nSPS) is 21.3. The van der Waals surface area contributed by atoms with Crippen molar-refractivity contribution < 1.29 is 19.1 Å². The Labute approximate surface area is 157 Å². The largest absolute Gasteiger partial charge is 0.486 e. The van der Waals surface area contributed by atoms with E-state index in [4.69, 9.17) is 4.74 Å². The summed E-state index contributed by atoms with van der Waals surface area (Å²) in [5, 5.41) is 3.89. The molecule has 0 saturated carbocycles. The highest BCUT2D eigenvalue weighted by atomic mass is 16.5. The molecule has 3 aliphatic rings. The second kappa shape index (κ2) is 6.48. The van der Waals surface area contributed by atoms with E-state index >= 15 is 0 Å². The first-order valence-corrected chi connectivity index (χ1v) is 9.35. The molecule has 1 N–H and O–H groups in total. The summed E-state index contributed by atoms with van der Waals surface area (Å²) < 4.78 is 6.36. The van der Waals surface area contributed by atoms with Crippen molar-refractivity contribution >= 4 is 23.3 Å². The van der Waals surface area contributed by atoms with Crippen LogP contribution in [0.3, 0.4) is 0 Å². The lowest BCUT2D eigenvalue weighted by molar-refractivity contribution is -0.128. The molecule has 0 aliphatic carbocycles. The lowest BCUT2D eigenvalue weighted by Crippen LogP contribution is -2.53. The number of fused-ring (bicyclic) bond motifs is 1. The number of rotatable bonds is 1. The first-order chi connectivity index (χ1) is 12.9. The van der Waals surface area contributed by atoms with Crippen LogP contribution < -0.4 is 10.2 Å². The molecule has 27 heavy (non-hydrogen) atoms. The molecule has 3 aliphatic heterocycles. The van der Waals surface area contributed by atoms with E-state index in [1.807, 2.05) is 26.0 Å². The number of hydrazone groups is 1. The zero-order chi connectivity index (χ0) is 19.2. The second-order valence-corrected chi connectivity index (χ2v) is 7.73. The van der Waals surface area contributed by atoms with Crippen LogP contribution in [0.5, 0.6) is 5.75 Å². The van der Waals surface area contributed by atoms with Crippen molar-refractivity contribution in [2.45, 2.75) is 51.6 Å². The smallest absolute Gasteiger partial charge is 0.270 e. The fraction of sp³-hybridized carbons (Fsp3) is 0.500. The number of ether oxygens (including phenoxy) is 1. The molecular weight excluding hydrogens is 346 g/mol. The molecule has 1 saturated heterocycles. The average molecular weight is 369 g/mol. The summed E-state index contributed by atoms with van der Waals surface area (Å²) in [5.41, 5.74) is 4.92. The van der Waals surface area contributed by atoms with Crippen molar-refractivity contribution in [3.8, 4) is 5.75 Å². The maximum atomic E-state index is 12.7. The van der Waals surface area contributed by atoms with Gasteiger partial charge in [-0.2, -0.15) is 5.10 Å². The van der Waals surface area contributed by atoms with Crippen LogP contribution in [0.15, 0.2) is 17.2 Å². The molecule has 3 heterocycles. The Balaban J connectivity index is 1.48. The van der Waals surface area contributed by atoms with E-state index in [9.17, 15) is 14.4 Å². The number of hydrogen-bond acceptors (Lipinski definition) is 5. The minimum Gasteiger partial charge on any atom is -0.486 e. The number of aryl methyl sites for hydroxylation is 2. The van der Waals surface area contributed by atoms with Gasteiger partial charge >= 0.3 is 0 Å². The molecule has 0 atom stereocenters. The Bertz CT molecular complexity index is 866. The monoisotopic (exact) mass is 369 g/mol. The molecule has 1 aromatic carbocycles. The van der Waals surface area contributed by atoms with Gasteiger partial charge in [-0.05, 0) is 31.0 Å². The highest BCUT2D eigenvalue weighted by Crippen LogP contribution is 2.41. The van der Waals surface area contributed by atoms with Crippen molar-refractivity contribution in [2.24, 2.45) is 5.10 Å². The van der Waals surface area contributed by atoms with Gasteiger partial charge in [0.2, 0.25) is 5.91 Å². The van der Waals surface area contributed by atoms with Crippen LogP contribution in [0, 0.1) is 13.8 Å². The average Bonchev–Trinajstić information content (AvgIpc) is 2.64. The molecule has 1 aromatic rings. The van der Waals surface area contributed by atoms with Gasteiger partial charge in [-0.3, -0.25) is 14.4 Å². The number of nitrogens with one attached hydrogen (secondary N) is 1. The van der Waals surface area contributed by atoms with E-state index in [0.717, 1.165) is 11.1 Å². The third-order valence-corrected chi connectivity index (χ3v) is 5.63. The van der Waals surface area contributed by atoms with Gasteiger partial charge < -0.3 is 9.64 Å². The fourth-order valence-electron chi connectivity index (χ4n) is 4.14. The van der Waals surface area contributed by atoms with Crippen LogP contribution in [0.4, 0.5) is 0 Å². The SMILES string of the molecule is Cc1cc(C)c2c(c1)C(=O)CC1(CCN(C(=O)C3=NNC(=O)CC3)CC1)O2. The van der Waals surface area contributed by atoms with Crippen LogP contribution in [0.25, 0.3) is 0 Å². The molecule has 0 unspecified atom stereocenters. The van der Waals surface area contributed by atoms with Crippen molar-refractivity contribution in [1.29, 1.82) is 0 Å². The topological polar surface area (TPSA) is 88.1 Å². The summed E-state index contributed by atoms with van der Waals surface area (Å²) in [6.45, 7) is 4.97. The number of ketones is 1. The van der Waals surface area contributed by atoms with Gasteiger partial charge in [-0.25, -0.2) is 5.43 Å². The molecule has 1 fully saturated rings. The summed E-state index contributed by atoms with van der Waals surface area (Å²) in [6, 6.07) is 3.92. The van der Waals surface area contributed by atoms with Crippen molar-refractivity contribution in [2.75, 3.05) is 13.1 Å². The van der Waals surface area contributed by atoms with Gasteiger partial charge in [-0.15, -0.1) is 0 Å². The van der Waals surface area contributed by atoms with Crippen molar-refractivity contribution in [1.82, 2.24) is 10.3 Å². The summed E-state index contributed by atoms with van der Waals surface area (Å²) in [7, 11) is 0. The van der Waals surface area contributed by atoms with Crippen LogP contribution in [0.2, 0.25) is 0 Å². The number of piperidine rings is 1. The minimum atomic E-state index is -0.538. The summed E-state index contributed by atoms with van der Waals surface area (Å²) >= 11 is 0. The predicted octanol–water partition coefficient (Wildman–Crippen LogP) is 1.90. The summed E-state index contributed by atoms with van der Waals surface area (Å²) in [6.07, 6.45) is 2.22. The van der Waals surface area contributed by atoms with Gasteiger partial charge in [0.05, 0.1) is 12.0 Å². The Morgan fingerprint density at radius 1 is 1.19 bits per heavy atom. The molecule has 0 bridgehead atoms. The zero-order valence-electron chi connectivity index (χ0n) is 15.6. The summed E-state index contributed by atoms with van der Waals surface area (Å²) in [5.74, 6) is 0.500. The zero-order valence-corrected chi connectivity index (χ0v) is 15.6. The van der Waals surface area contributed by atoms with E-state index < -0.39 is 5.60 Å². The van der Waals surface area contributed by atoms with E-state index in [2.05, 4.69) is 10.5 Å². The lowest BCUT2D eigenvalue weighted by Gasteiger charge is -2.44. The maximum Gasteiger partial charge on any atom is 0.270 e. The highest BCUT2D eigenvalue weighted by Gasteiger charge is 2.44. The van der Waals surface area contributed by atoms with E-state index in [-0.39, 0.29) is 24.0 Å². The number of amides is 2. The van der Waals surface area contributed by atoms with Gasteiger partial charge in [0.15, 0.2) is 5.78 Å². The van der Waals surface area contributed by atoms with Gasteiger partial charge in [0.25, 0.3) is 5.91 Å². The summed E-state index contributed by atoms with van der Waals surface area (Å²) in [4.78, 5) is 38.3. The van der Waals surface area contributed by atoms with E-state index in [0.29, 0.717) is 55.8 Å². The number of Topliss-reactive ketones (excluding diaryl/α,β-unsaturated/α-hetero) is 1. The molecule has 2 amide bonds. The van der Waals surface area contributed by atoms with Gasteiger partial charge in [-0.1, -0.05) is 6.07 Å². The first-order valence-electron chi connectivity index (χ1n) is 9.35. The Morgan fingerprint density at radius 3 is 2.59 bits per heavy atom. The Morgan fingerprint density at radius 2 is 1.93 bits per heavy atom. The predicted molar refractivity (Wildman–Crippen MR) is 98.8 cm³/mol. The number of benzene rings is 1. The van der Waals surface area contributed by atoms with Crippen LogP contribution >= 0.6 is 0 Å². The number of carbonyl (C=O) groups is 3. The Hall–Kier alpha value is -2.70. The molecule has 0 radical (unpaired) electrons. The standard InChI is InChI=1S/C20H23N3O4/c1-12-9-13(2)18-14(10-12)16(24)11-20(27-18)5-7-23(8-6-20)19(26)15-3-4-17(25)22-21-15/h9-10H,3-8,11H2,1-2H3,(H,22,25). The van der Waals surface area contributed by atoms with Crippen LogP contribution in [-0.4, -0.2) is 46.9 Å². The minimum absolute atomic E-state index is 0.113. The van der Waals surface area contributed by atoms with E-state index in [1.165, 1.54) is 0 Å². The lowest BCUT2D eigenvalue weighted by atomic mass is 9.81. The first kappa shape index (κ1) is 17.7. The third kappa shape index (κ3) is 3.22. The maximum absolute atomic E-state index is 12.7. The molecular formula is C20H23N3O4. The molecule has 7 heteroatoms. The number of likely N-dealkylation sites (tertiary alicyclic amines) is 1. The van der Waals surface area contributed by atoms with Gasteiger partial charge in [0, 0.05) is 38.8 Å². The van der Waals surface area contributed by atoms with Crippen molar-refractivity contribution in [3.05, 3.63) is 28.8 Å². The molecule has 142 valence electrons. The quantitative estimate of drug-likeness (QED) is 0.819. The number of nitrogens with zero attached hydrogens (tertiary/aromatic N) is 2. The van der Waals surface area contributed by atoms with Gasteiger partial charge in [0.1, 0.15) is 17.1 Å². The third-order valence-electron chi connectivity index (χ3n) is 5.63. The molecule has 4 rings (SSSR count). The molecule has 0 aromatic heterocycles. The van der Waals surface area contributed by atoms with Crippen LogP contribution in [0.1, 0.15) is 53.6 Å². The Kier molecular flexibility index (Phi) is 4.25. The van der Waals surface area contributed by atoms with Crippen LogP contribution in [-0.2, 0) is 9.59 Å². The number of carbonyl (C=O) groups excluding carboxylic acids is 3. The molecule has 1 spiro atoms.